The number of carbonyl (C=O) groups excluding carboxylic acids is 1. The van der Waals surface area contributed by atoms with E-state index >= 15 is 0 Å². The van der Waals surface area contributed by atoms with Gasteiger partial charge in [0.2, 0.25) is 0 Å². The highest BCUT2D eigenvalue weighted by molar-refractivity contribution is 7.14. The van der Waals surface area contributed by atoms with Gasteiger partial charge in [0.05, 0.1) is 4.88 Å². The highest BCUT2D eigenvalue weighted by Crippen LogP contribution is 2.40. The van der Waals surface area contributed by atoms with Crippen LogP contribution in [0.5, 0.6) is 0 Å². The zero-order valence-corrected chi connectivity index (χ0v) is 15.8. The summed E-state index contributed by atoms with van der Waals surface area (Å²) in [5, 5.41) is 3.25. The molecule has 1 aliphatic heterocycles. The standard InChI is InChI=1S/C19H30N2OS/c1-19(2,3)14-5-6-16-13(11-14)12-17(23-16)18(22)20-15-7-9-21(4)10-8-15/h12,14-15H,5-11H2,1-4H3,(H,20,22). The van der Waals surface area contributed by atoms with Gasteiger partial charge in [-0.3, -0.25) is 4.79 Å². The minimum Gasteiger partial charge on any atom is -0.349 e. The Morgan fingerprint density at radius 1 is 1.26 bits per heavy atom. The van der Waals surface area contributed by atoms with Crippen molar-refractivity contribution in [1.82, 2.24) is 10.2 Å². The number of hydrogen-bond acceptors (Lipinski definition) is 3. The number of nitrogens with zero attached hydrogens (tertiary/aromatic N) is 1. The maximum absolute atomic E-state index is 12.6. The molecule has 1 amide bonds. The first kappa shape index (κ1) is 17.0. The maximum atomic E-state index is 12.6. The number of rotatable bonds is 2. The molecule has 3 nitrogen and oxygen atoms in total. The molecule has 4 heteroatoms. The highest BCUT2D eigenvalue weighted by atomic mass is 32.1. The Balaban J connectivity index is 1.64. The van der Waals surface area contributed by atoms with E-state index in [-0.39, 0.29) is 5.91 Å². The van der Waals surface area contributed by atoms with Crippen LogP contribution in [-0.2, 0) is 12.8 Å². The van der Waals surface area contributed by atoms with E-state index in [1.807, 2.05) is 0 Å². The molecule has 1 saturated heterocycles. The second-order valence-corrected chi connectivity index (χ2v) is 9.55. The van der Waals surface area contributed by atoms with Crippen LogP contribution >= 0.6 is 11.3 Å². The molecule has 3 rings (SSSR count). The second-order valence-electron chi connectivity index (χ2n) is 8.42. The summed E-state index contributed by atoms with van der Waals surface area (Å²) in [5.74, 6) is 0.876. The lowest BCUT2D eigenvalue weighted by Crippen LogP contribution is -2.43. The summed E-state index contributed by atoms with van der Waals surface area (Å²) in [4.78, 5) is 17.3. The Morgan fingerprint density at radius 3 is 2.61 bits per heavy atom. The number of nitrogens with one attached hydrogen (secondary N) is 1. The molecule has 1 atom stereocenters. The topological polar surface area (TPSA) is 32.3 Å². The number of fused-ring (bicyclic) bond motifs is 1. The molecule has 0 aromatic carbocycles. The summed E-state index contributed by atoms with van der Waals surface area (Å²) < 4.78 is 0. The van der Waals surface area contributed by atoms with Crippen LogP contribution in [0.25, 0.3) is 0 Å². The van der Waals surface area contributed by atoms with Gasteiger partial charge < -0.3 is 10.2 Å². The van der Waals surface area contributed by atoms with Gasteiger partial charge in [0.1, 0.15) is 0 Å². The van der Waals surface area contributed by atoms with Gasteiger partial charge in [0.25, 0.3) is 5.91 Å². The van der Waals surface area contributed by atoms with Crippen molar-refractivity contribution in [3.05, 3.63) is 21.4 Å². The number of amides is 1. The molecule has 0 saturated carbocycles. The van der Waals surface area contributed by atoms with Crippen molar-refractivity contribution in [3.63, 3.8) is 0 Å². The van der Waals surface area contributed by atoms with Crippen molar-refractivity contribution in [1.29, 1.82) is 0 Å². The van der Waals surface area contributed by atoms with E-state index in [9.17, 15) is 4.79 Å². The van der Waals surface area contributed by atoms with E-state index in [2.05, 4.69) is 44.1 Å². The van der Waals surface area contributed by atoms with Crippen molar-refractivity contribution in [2.75, 3.05) is 20.1 Å². The van der Waals surface area contributed by atoms with Crippen molar-refractivity contribution in [2.45, 2.75) is 58.9 Å². The molecule has 2 aliphatic rings. The lowest BCUT2D eigenvalue weighted by molar-refractivity contribution is 0.0921. The summed E-state index contributed by atoms with van der Waals surface area (Å²) >= 11 is 1.72. The third kappa shape index (κ3) is 3.97. The average molecular weight is 335 g/mol. The van der Waals surface area contributed by atoms with Gasteiger partial charge in [-0.05, 0) is 75.2 Å². The number of thiophene rings is 1. The molecule has 1 fully saturated rings. The highest BCUT2D eigenvalue weighted by Gasteiger charge is 2.30. The second kappa shape index (κ2) is 6.56. The molecular weight excluding hydrogens is 304 g/mol. The normalized spacial score (nSPS) is 23.6. The first-order chi connectivity index (χ1) is 10.8. The van der Waals surface area contributed by atoms with Gasteiger partial charge in [-0.2, -0.15) is 0 Å². The Hall–Kier alpha value is -0.870. The van der Waals surface area contributed by atoms with Crippen LogP contribution in [0.15, 0.2) is 6.07 Å². The largest absolute Gasteiger partial charge is 0.349 e. The number of aryl methyl sites for hydroxylation is 1. The first-order valence-corrected chi connectivity index (χ1v) is 9.75. The number of likely N-dealkylation sites (tertiary alicyclic amines) is 1. The van der Waals surface area contributed by atoms with Crippen LogP contribution in [0.2, 0.25) is 0 Å². The molecule has 1 unspecified atom stereocenters. The molecule has 2 heterocycles. The summed E-state index contributed by atoms with van der Waals surface area (Å²) in [7, 11) is 2.15. The maximum Gasteiger partial charge on any atom is 0.261 e. The van der Waals surface area contributed by atoms with Crippen LogP contribution < -0.4 is 5.32 Å². The average Bonchev–Trinajstić information content (AvgIpc) is 2.92. The Kier molecular flexibility index (Phi) is 4.84. The van der Waals surface area contributed by atoms with E-state index in [1.165, 1.54) is 16.9 Å². The quantitative estimate of drug-likeness (QED) is 0.894. The Labute approximate surface area is 144 Å². The van der Waals surface area contributed by atoms with Crippen LogP contribution in [-0.4, -0.2) is 37.0 Å². The third-order valence-corrected chi connectivity index (χ3v) is 6.82. The van der Waals surface area contributed by atoms with Crippen LogP contribution in [0.1, 0.15) is 60.1 Å². The van der Waals surface area contributed by atoms with Crippen LogP contribution in [0.4, 0.5) is 0 Å². The van der Waals surface area contributed by atoms with E-state index in [4.69, 9.17) is 0 Å². The molecule has 0 bridgehead atoms. The summed E-state index contributed by atoms with van der Waals surface area (Å²) in [6.07, 6.45) is 5.67. The summed E-state index contributed by atoms with van der Waals surface area (Å²) in [6, 6.07) is 2.52. The molecule has 1 aliphatic carbocycles. The van der Waals surface area contributed by atoms with Crippen molar-refractivity contribution in [3.8, 4) is 0 Å². The number of carbonyl (C=O) groups is 1. The Morgan fingerprint density at radius 2 is 1.96 bits per heavy atom. The van der Waals surface area contributed by atoms with E-state index in [0.29, 0.717) is 11.5 Å². The van der Waals surface area contributed by atoms with Gasteiger partial charge in [0, 0.05) is 10.9 Å². The predicted molar refractivity (Wildman–Crippen MR) is 97.3 cm³/mol. The molecule has 0 spiro atoms. The SMILES string of the molecule is CN1CCC(NC(=O)c2cc3c(s2)CCC(C(C)(C)C)C3)CC1. The smallest absolute Gasteiger partial charge is 0.261 e. The lowest BCUT2D eigenvalue weighted by Gasteiger charge is -2.33. The van der Waals surface area contributed by atoms with E-state index < -0.39 is 0 Å². The molecule has 1 aromatic heterocycles. The predicted octanol–water partition coefficient (Wildman–Crippen LogP) is 3.72. The number of piperidine rings is 1. The Bertz CT molecular complexity index is 564. The van der Waals surface area contributed by atoms with Crippen LogP contribution in [0, 0.1) is 11.3 Å². The van der Waals surface area contributed by atoms with Gasteiger partial charge in [-0.25, -0.2) is 0 Å². The third-order valence-electron chi connectivity index (χ3n) is 5.59. The van der Waals surface area contributed by atoms with Crippen LogP contribution in [0.3, 0.4) is 0 Å². The molecular formula is C19H30N2OS. The van der Waals surface area contributed by atoms with E-state index in [0.717, 1.165) is 49.6 Å². The molecule has 0 radical (unpaired) electrons. The first-order valence-electron chi connectivity index (χ1n) is 8.94. The number of hydrogen-bond donors (Lipinski definition) is 1. The zero-order valence-electron chi connectivity index (χ0n) is 14.9. The fourth-order valence-corrected chi connectivity index (χ4v) is 4.90. The minimum atomic E-state index is 0.145. The van der Waals surface area contributed by atoms with Gasteiger partial charge in [0.15, 0.2) is 0 Å². The van der Waals surface area contributed by atoms with Crippen molar-refractivity contribution < 1.29 is 4.79 Å². The summed E-state index contributed by atoms with van der Waals surface area (Å²) in [6.45, 7) is 9.17. The molecule has 23 heavy (non-hydrogen) atoms. The molecule has 1 N–H and O–H groups in total. The van der Waals surface area contributed by atoms with Gasteiger partial charge in [-0.1, -0.05) is 20.8 Å². The summed E-state index contributed by atoms with van der Waals surface area (Å²) in [5.41, 5.74) is 1.78. The molecule has 1 aromatic rings. The van der Waals surface area contributed by atoms with Crippen molar-refractivity contribution >= 4 is 17.2 Å². The van der Waals surface area contributed by atoms with Gasteiger partial charge in [-0.15, -0.1) is 11.3 Å². The van der Waals surface area contributed by atoms with Gasteiger partial charge >= 0.3 is 0 Å². The lowest BCUT2D eigenvalue weighted by atomic mass is 9.72. The fourth-order valence-electron chi connectivity index (χ4n) is 3.78. The fraction of sp³-hybridized carbons (Fsp3) is 0.737. The minimum absolute atomic E-state index is 0.145. The molecule has 128 valence electrons. The zero-order chi connectivity index (χ0) is 16.6. The van der Waals surface area contributed by atoms with Crippen molar-refractivity contribution in [2.24, 2.45) is 11.3 Å². The van der Waals surface area contributed by atoms with E-state index in [1.54, 1.807) is 11.3 Å². The monoisotopic (exact) mass is 334 g/mol.